The predicted octanol–water partition coefficient (Wildman–Crippen LogP) is 2.37. The Morgan fingerprint density at radius 2 is 2.14 bits per heavy atom. The Morgan fingerprint density at radius 1 is 1.41 bits per heavy atom. The summed E-state index contributed by atoms with van der Waals surface area (Å²) in [5.74, 6) is 0.765. The second-order valence-electron chi connectivity index (χ2n) is 5.77. The molecule has 1 unspecified atom stereocenters. The number of urea groups is 1. The Morgan fingerprint density at radius 3 is 2.82 bits per heavy atom. The monoisotopic (exact) mass is 319 g/mol. The molecule has 2 heterocycles. The molecule has 1 aromatic rings. The zero-order chi connectivity index (χ0) is 15.9. The highest BCUT2D eigenvalue weighted by molar-refractivity contribution is 8.01. The molecule has 1 spiro atoms. The van der Waals surface area contributed by atoms with Crippen molar-refractivity contribution in [1.29, 1.82) is 0 Å². The maximum Gasteiger partial charge on any atom is 0.319 e. The molecule has 2 aliphatic rings. The van der Waals surface area contributed by atoms with Gasteiger partial charge >= 0.3 is 6.03 Å². The molecule has 1 N–H and O–H groups in total. The van der Waals surface area contributed by atoms with Gasteiger partial charge < -0.3 is 10.2 Å². The van der Waals surface area contributed by atoms with Crippen molar-refractivity contribution < 1.29 is 9.59 Å². The molecule has 1 saturated heterocycles. The third-order valence-corrected chi connectivity index (χ3v) is 5.55. The highest BCUT2D eigenvalue weighted by Gasteiger charge is 2.59. The van der Waals surface area contributed by atoms with Crippen molar-refractivity contribution in [3.8, 4) is 0 Å². The quantitative estimate of drug-likeness (QED) is 0.910. The second-order valence-corrected chi connectivity index (χ2v) is 7.05. The van der Waals surface area contributed by atoms with Crippen LogP contribution in [0.25, 0.3) is 0 Å². The van der Waals surface area contributed by atoms with Crippen LogP contribution in [0.3, 0.4) is 0 Å². The van der Waals surface area contributed by atoms with Gasteiger partial charge in [-0.25, -0.2) is 4.79 Å². The number of hydrogen-bond donors (Lipinski definition) is 1. The number of nitrogens with zero attached hydrogens (tertiary/aromatic N) is 2. The van der Waals surface area contributed by atoms with E-state index in [1.54, 1.807) is 16.7 Å². The van der Waals surface area contributed by atoms with Gasteiger partial charge in [-0.15, -0.1) is 11.8 Å². The first-order valence-corrected chi connectivity index (χ1v) is 8.65. The summed E-state index contributed by atoms with van der Waals surface area (Å²) in [5, 5.41) is 2.84. The van der Waals surface area contributed by atoms with Gasteiger partial charge in [0, 0.05) is 30.4 Å². The van der Waals surface area contributed by atoms with E-state index in [9.17, 15) is 9.59 Å². The maximum atomic E-state index is 13.2. The van der Waals surface area contributed by atoms with Gasteiger partial charge in [0.1, 0.15) is 0 Å². The number of fused-ring (bicyclic) bond motifs is 2. The van der Waals surface area contributed by atoms with Crippen molar-refractivity contribution in [3.63, 3.8) is 0 Å². The first kappa shape index (κ1) is 15.2. The van der Waals surface area contributed by atoms with Crippen LogP contribution in [0.15, 0.2) is 24.3 Å². The van der Waals surface area contributed by atoms with Crippen LogP contribution in [0.2, 0.25) is 0 Å². The van der Waals surface area contributed by atoms with E-state index in [1.807, 2.05) is 49.9 Å². The van der Waals surface area contributed by atoms with Crippen LogP contribution in [0.4, 0.5) is 10.5 Å². The van der Waals surface area contributed by atoms with Crippen LogP contribution in [-0.2, 0) is 9.67 Å². The second kappa shape index (κ2) is 5.50. The van der Waals surface area contributed by atoms with E-state index in [2.05, 4.69) is 5.32 Å². The van der Waals surface area contributed by atoms with E-state index in [-0.39, 0.29) is 18.0 Å². The fraction of sp³-hybridized carbons (Fsp3) is 0.500. The number of rotatable bonds is 2. The molecule has 5 nitrogen and oxygen atoms in total. The average molecular weight is 319 g/mol. The molecule has 0 saturated carbocycles. The molecule has 22 heavy (non-hydrogen) atoms. The van der Waals surface area contributed by atoms with Gasteiger partial charge in [-0.1, -0.05) is 18.2 Å². The molecule has 1 aromatic carbocycles. The number of anilines is 1. The van der Waals surface area contributed by atoms with Gasteiger partial charge in [0.25, 0.3) is 5.91 Å². The van der Waals surface area contributed by atoms with Gasteiger partial charge in [-0.3, -0.25) is 9.69 Å². The van der Waals surface area contributed by atoms with Crippen LogP contribution >= 0.6 is 11.8 Å². The number of para-hydroxylation sites is 1. The van der Waals surface area contributed by atoms with Crippen molar-refractivity contribution in [2.24, 2.45) is 0 Å². The molecule has 3 amide bonds. The van der Waals surface area contributed by atoms with Crippen LogP contribution in [0.5, 0.6) is 0 Å². The normalized spacial score (nSPS) is 23.5. The highest BCUT2D eigenvalue weighted by Crippen LogP contribution is 2.54. The van der Waals surface area contributed by atoms with Gasteiger partial charge in [-0.05, 0) is 26.8 Å². The summed E-state index contributed by atoms with van der Waals surface area (Å²) in [5.41, 5.74) is 1.86. The number of thioether (sulfide) groups is 1. The summed E-state index contributed by atoms with van der Waals surface area (Å²) in [4.78, 5) is 28.3. The molecule has 118 valence electrons. The van der Waals surface area contributed by atoms with Crippen LogP contribution in [0, 0.1) is 0 Å². The first-order valence-electron chi connectivity index (χ1n) is 7.66. The highest BCUT2D eigenvalue weighted by atomic mass is 32.2. The smallest absolute Gasteiger partial charge is 0.319 e. The molecule has 2 aliphatic heterocycles. The van der Waals surface area contributed by atoms with Crippen LogP contribution in [-0.4, -0.2) is 41.7 Å². The van der Waals surface area contributed by atoms with E-state index in [0.717, 1.165) is 17.0 Å². The molecule has 1 atom stereocenters. The van der Waals surface area contributed by atoms with Crippen molar-refractivity contribution in [1.82, 2.24) is 10.2 Å². The Hall–Kier alpha value is -1.69. The molecule has 6 heteroatoms. The molecule has 3 rings (SSSR count). The van der Waals surface area contributed by atoms with Crippen molar-refractivity contribution in [2.75, 3.05) is 23.7 Å². The number of carbonyl (C=O) groups is 2. The molecule has 1 fully saturated rings. The summed E-state index contributed by atoms with van der Waals surface area (Å²) in [7, 11) is 0. The lowest BCUT2D eigenvalue weighted by atomic mass is 10.1. The van der Waals surface area contributed by atoms with E-state index in [4.69, 9.17) is 0 Å². The van der Waals surface area contributed by atoms with Crippen molar-refractivity contribution >= 4 is 29.4 Å². The van der Waals surface area contributed by atoms with Gasteiger partial charge in [0.2, 0.25) is 0 Å². The lowest BCUT2D eigenvalue weighted by Crippen LogP contribution is -2.54. The molecule has 0 radical (unpaired) electrons. The Kier molecular flexibility index (Phi) is 3.80. The molecular formula is C16H21N3O2S. The average Bonchev–Trinajstić information content (AvgIpc) is 3.02. The zero-order valence-electron chi connectivity index (χ0n) is 13.1. The lowest BCUT2D eigenvalue weighted by Gasteiger charge is -2.33. The minimum Gasteiger partial charge on any atom is -0.338 e. The van der Waals surface area contributed by atoms with E-state index >= 15 is 0 Å². The van der Waals surface area contributed by atoms with E-state index in [0.29, 0.717) is 13.1 Å². The minimum atomic E-state index is -0.903. The van der Waals surface area contributed by atoms with Gasteiger partial charge in [-0.2, -0.15) is 0 Å². The van der Waals surface area contributed by atoms with Crippen LogP contribution in [0.1, 0.15) is 26.3 Å². The number of hydrogen-bond acceptors (Lipinski definition) is 3. The van der Waals surface area contributed by atoms with Gasteiger partial charge in [0.05, 0.1) is 5.69 Å². The van der Waals surface area contributed by atoms with E-state index in [1.165, 1.54) is 0 Å². The summed E-state index contributed by atoms with van der Waals surface area (Å²) >= 11 is 1.56. The van der Waals surface area contributed by atoms with Crippen molar-refractivity contribution in [2.45, 2.75) is 31.7 Å². The first-order chi connectivity index (χ1) is 10.5. The number of amides is 3. The van der Waals surface area contributed by atoms with Crippen LogP contribution < -0.4 is 10.2 Å². The van der Waals surface area contributed by atoms with E-state index < -0.39 is 4.87 Å². The number of nitrogens with one attached hydrogen (secondary N) is 1. The largest absolute Gasteiger partial charge is 0.338 e. The summed E-state index contributed by atoms with van der Waals surface area (Å²) in [6, 6.07) is 7.71. The molecule has 0 aliphatic carbocycles. The Bertz CT molecular complexity index is 619. The lowest BCUT2D eigenvalue weighted by molar-refractivity contribution is -0.123. The topological polar surface area (TPSA) is 52.7 Å². The Labute approximate surface area is 135 Å². The SMILES string of the molecule is CCNC(=O)N1CCSC12C(=O)N(C(C)C)c1ccccc12. The third-order valence-electron chi connectivity index (χ3n) is 4.13. The zero-order valence-corrected chi connectivity index (χ0v) is 13.9. The fourth-order valence-corrected chi connectivity index (χ4v) is 4.73. The predicted molar refractivity (Wildman–Crippen MR) is 89.0 cm³/mol. The molecule has 0 aromatic heterocycles. The fourth-order valence-electron chi connectivity index (χ4n) is 3.28. The number of carbonyl (C=O) groups excluding carboxylic acids is 2. The molecular weight excluding hydrogens is 298 g/mol. The molecule has 0 bridgehead atoms. The minimum absolute atomic E-state index is 0.00236. The number of benzene rings is 1. The van der Waals surface area contributed by atoms with Gasteiger partial charge in [0.15, 0.2) is 4.87 Å². The standard InChI is InChI=1S/C16H21N3O2S/c1-4-17-15(21)18-9-10-22-16(18)12-7-5-6-8-13(12)19(11(2)3)14(16)20/h5-8,11H,4,9-10H2,1-3H3,(H,17,21). The third kappa shape index (κ3) is 1.93. The maximum absolute atomic E-state index is 13.2. The Balaban J connectivity index is 2.13. The van der Waals surface area contributed by atoms with Crippen molar-refractivity contribution in [3.05, 3.63) is 29.8 Å². The summed E-state index contributed by atoms with van der Waals surface area (Å²) in [6.07, 6.45) is 0. The summed E-state index contributed by atoms with van der Waals surface area (Å²) in [6.45, 7) is 7.04. The summed E-state index contributed by atoms with van der Waals surface area (Å²) < 4.78 is 0.